The van der Waals surface area contributed by atoms with Gasteiger partial charge in [-0.3, -0.25) is 5.32 Å². The highest BCUT2D eigenvalue weighted by Gasteiger charge is 2.43. The van der Waals surface area contributed by atoms with Crippen LogP contribution in [0.5, 0.6) is 0 Å². The summed E-state index contributed by atoms with van der Waals surface area (Å²) < 4.78 is 5.40. The maximum Gasteiger partial charge on any atom is 0.168 e. The second-order valence-electron chi connectivity index (χ2n) is 4.60. The lowest BCUT2D eigenvalue weighted by Crippen LogP contribution is -2.63. The second kappa shape index (κ2) is 5.77. The molecule has 1 heterocycles. The molecule has 0 radical (unpaired) electrons. The SMILES string of the molecule is OCC1(NCc2ccccc2)OC[C@@H](O)C[C@@H]1O. The molecular weight excluding hydrogens is 234 g/mol. The van der Waals surface area contributed by atoms with Crippen LogP contribution < -0.4 is 5.32 Å². The molecule has 0 spiro atoms. The van der Waals surface area contributed by atoms with Gasteiger partial charge in [-0.1, -0.05) is 30.3 Å². The van der Waals surface area contributed by atoms with Gasteiger partial charge >= 0.3 is 0 Å². The summed E-state index contributed by atoms with van der Waals surface area (Å²) in [6, 6.07) is 9.66. The number of ether oxygens (including phenoxy) is 1. The van der Waals surface area contributed by atoms with Crippen molar-refractivity contribution >= 4 is 0 Å². The molecule has 100 valence electrons. The van der Waals surface area contributed by atoms with Crippen LogP contribution in [0, 0.1) is 0 Å². The number of aliphatic hydroxyl groups is 3. The molecule has 0 saturated carbocycles. The molecular formula is C13H19NO4. The predicted molar refractivity (Wildman–Crippen MR) is 65.7 cm³/mol. The van der Waals surface area contributed by atoms with E-state index in [1.165, 1.54) is 0 Å². The standard InChI is InChI=1S/C13H19NO4/c15-9-13(12(17)6-11(16)8-18-13)14-7-10-4-2-1-3-5-10/h1-5,11-12,14-17H,6-9H2/t11-,12-,13?/m0/s1. The Labute approximate surface area is 106 Å². The molecule has 0 aromatic heterocycles. The summed E-state index contributed by atoms with van der Waals surface area (Å²) in [5.74, 6) is 0. The molecule has 1 saturated heterocycles. The molecule has 0 aliphatic carbocycles. The van der Waals surface area contributed by atoms with Gasteiger partial charge in [-0.05, 0) is 5.56 Å². The Hall–Kier alpha value is -0.980. The van der Waals surface area contributed by atoms with E-state index in [0.29, 0.717) is 6.54 Å². The second-order valence-corrected chi connectivity index (χ2v) is 4.60. The van der Waals surface area contributed by atoms with E-state index in [4.69, 9.17) is 4.74 Å². The highest BCUT2D eigenvalue weighted by atomic mass is 16.6. The molecule has 4 N–H and O–H groups in total. The minimum atomic E-state index is -1.19. The fraction of sp³-hybridized carbons (Fsp3) is 0.538. The molecule has 2 rings (SSSR count). The molecule has 1 unspecified atom stereocenters. The van der Waals surface area contributed by atoms with Gasteiger partial charge in [0.15, 0.2) is 5.72 Å². The van der Waals surface area contributed by atoms with Crippen LogP contribution in [0.1, 0.15) is 12.0 Å². The first kappa shape index (κ1) is 13.5. The number of rotatable bonds is 4. The van der Waals surface area contributed by atoms with Crippen LogP contribution in [0.3, 0.4) is 0 Å². The van der Waals surface area contributed by atoms with E-state index >= 15 is 0 Å². The molecule has 5 nitrogen and oxygen atoms in total. The third-order valence-corrected chi connectivity index (χ3v) is 3.24. The van der Waals surface area contributed by atoms with E-state index in [1.807, 2.05) is 30.3 Å². The summed E-state index contributed by atoms with van der Waals surface area (Å²) in [7, 11) is 0. The Bertz CT molecular complexity index is 373. The fourth-order valence-corrected chi connectivity index (χ4v) is 2.08. The zero-order valence-electron chi connectivity index (χ0n) is 10.1. The minimum Gasteiger partial charge on any atom is -0.392 e. The van der Waals surface area contributed by atoms with Gasteiger partial charge in [0.2, 0.25) is 0 Å². The van der Waals surface area contributed by atoms with Crippen molar-refractivity contribution in [1.29, 1.82) is 0 Å². The van der Waals surface area contributed by atoms with Crippen LogP contribution in [-0.2, 0) is 11.3 Å². The molecule has 1 aromatic carbocycles. The number of nitrogens with one attached hydrogen (secondary N) is 1. The number of hydrogen-bond donors (Lipinski definition) is 4. The van der Waals surface area contributed by atoms with Crippen molar-refractivity contribution in [3.05, 3.63) is 35.9 Å². The lowest BCUT2D eigenvalue weighted by atomic mass is 9.97. The molecule has 1 fully saturated rings. The van der Waals surface area contributed by atoms with E-state index in [2.05, 4.69) is 5.32 Å². The first-order valence-electron chi connectivity index (χ1n) is 6.06. The lowest BCUT2D eigenvalue weighted by molar-refractivity contribution is -0.219. The van der Waals surface area contributed by atoms with Crippen molar-refractivity contribution in [3.63, 3.8) is 0 Å². The largest absolute Gasteiger partial charge is 0.392 e. The van der Waals surface area contributed by atoms with E-state index in [1.54, 1.807) is 0 Å². The van der Waals surface area contributed by atoms with Crippen molar-refractivity contribution in [1.82, 2.24) is 5.32 Å². The minimum absolute atomic E-state index is 0.111. The summed E-state index contributed by atoms with van der Waals surface area (Å²) in [5, 5.41) is 31.8. The normalized spacial score (nSPS) is 32.4. The molecule has 1 aliphatic rings. The van der Waals surface area contributed by atoms with Crippen molar-refractivity contribution in [2.45, 2.75) is 30.9 Å². The van der Waals surface area contributed by atoms with Crippen molar-refractivity contribution < 1.29 is 20.1 Å². The monoisotopic (exact) mass is 253 g/mol. The Morgan fingerprint density at radius 1 is 1.28 bits per heavy atom. The highest BCUT2D eigenvalue weighted by molar-refractivity contribution is 5.14. The van der Waals surface area contributed by atoms with E-state index < -0.39 is 17.9 Å². The predicted octanol–water partition coefficient (Wildman–Crippen LogP) is -0.393. The fourth-order valence-electron chi connectivity index (χ4n) is 2.08. The Morgan fingerprint density at radius 3 is 2.61 bits per heavy atom. The van der Waals surface area contributed by atoms with Crippen LogP contribution >= 0.6 is 0 Å². The molecule has 1 aliphatic heterocycles. The molecule has 18 heavy (non-hydrogen) atoms. The smallest absolute Gasteiger partial charge is 0.168 e. The van der Waals surface area contributed by atoms with Gasteiger partial charge < -0.3 is 20.1 Å². The van der Waals surface area contributed by atoms with Gasteiger partial charge in [0.05, 0.1) is 19.3 Å². The molecule has 0 bridgehead atoms. The van der Waals surface area contributed by atoms with Gasteiger partial charge in [-0.25, -0.2) is 0 Å². The highest BCUT2D eigenvalue weighted by Crippen LogP contribution is 2.23. The topological polar surface area (TPSA) is 82.0 Å². The zero-order valence-corrected chi connectivity index (χ0v) is 10.1. The van der Waals surface area contributed by atoms with Crippen LogP contribution in [0.15, 0.2) is 30.3 Å². The maximum absolute atomic E-state index is 9.96. The Kier molecular flexibility index (Phi) is 4.31. The van der Waals surface area contributed by atoms with Crippen molar-refractivity contribution in [2.75, 3.05) is 13.2 Å². The van der Waals surface area contributed by atoms with Crippen LogP contribution in [0.2, 0.25) is 0 Å². The summed E-state index contributed by atoms with van der Waals surface area (Å²) in [4.78, 5) is 0. The van der Waals surface area contributed by atoms with Crippen LogP contribution in [-0.4, -0.2) is 46.5 Å². The van der Waals surface area contributed by atoms with Crippen molar-refractivity contribution in [2.24, 2.45) is 0 Å². The van der Waals surface area contributed by atoms with Gasteiger partial charge in [-0.2, -0.15) is 0 Å². The van der Waals surface area contributed by atoms with Crippen LogP contribution in [0.4, 0.5) is 0 Å². The summed E-state index contributed by atoms with van der Waals surface area (Å²) >= 11 is 0. The summed E-state index contributed by atoms with van der Waals surface area (Å²) in [6.45, 7) is 0.252. The van der Waals surface area contributed by atoms with Gasteiger partial charge in [0.25, 0.3) is 0 Å². The average molecular weight is 253 g/mol. The van der Waals surface area contributed by atoms with Crippen LogP contribution in [0.25, 0.3) is 0 Å². The van der Waals surface area contributed by atoms with Gasteiger partial charge in [-0.15, -0.1) is 0 Å². The van der Waals surface area contributed by atoms with Gasteiger partial charge in [0.1, 0.15) is 6.10 Å². The first-order chi connectivity index (χ1) is 8.66. The van der Waals surface area contributed by atoms with E-state index in [-0.39, 0.29) is 19.6 Å². The lowest BCUT2D eigenvalue weighted by Gasteiger charge is -2.42. The number of hydrogen-bond acceptors (Lipinski definition) is 5. The Balaban J connectivity index is 2.00. The van der Waals surface area contributed by atoms with E-state index in [9.17, 15) is 15.3 Å². The van der Waals surface area contributed by atoms with Gasteiger partial charge in [0, 0.05) is 13.0 Å². The van der Waals surface area contributed by atoms with E-state index in [0.717, 1.165) is 5.56 Å². The molecule has 5 heteroatoms. The first-order valence-corrected chi connectivity index (χ1v) is 6.06. The number of aliphatic hydroxyl groups excluding tert-OH is 3. The summed E-state index contributed by atoms with van der Waals surface area (Å²) in [5.41, 5.74) is -0.151. The summed E-state index contributed by atoms with van der Waals surface area (Å²) in [6.07, 6.45) is -1.42. The third-order valence-electron chi connectivity index (χ3n) is 3.24. The molecule has 0 amide bonds. The molecule has 3 atom stereocenters. The quantitative estimate of drug-likeness (QED) is 0.587. The maximum atomic E-state index is 9.96. The number of benzene rings is 1. The van der Waals surface area contributed by atoms with Crippen molar-refractivity contribution in [3.8, 4) is 0 Å². The Morgan fingerprint density at radius 2 is 2.00 bits per heavy atom. The molecule has 1 aromatic rings. The third kappa shape index (κ3) is 2.88. The zero-order chi connectivity index (χ0) is 13.0. The average Bonchev–Trinajstić information content (AvgIpc) is 2.40.